The lowest BCUT2D eigenvalue weighted by atomic mass is 10.2. The van der Waals surface area contributed by atoms with E-state index in [0.29, 0.717) is 11.4 Å². The van der Waals surface area contributed by atoms with E-state index >= 15 is 0 Å². The lowest BCUT2D eigenvalue weighted by molar-refractivity contribution is -0.135. The normalized spacial score (nSPS) is 10.8. The Labute approximate surface area is 197 Å². The Balaban J connectivity index is 1.75. The van der Waals surface area contributed by atoms with E-state index in [-0.39, 0.29) is 30.0 Å². The van der Waals surface area contributed by atoms with Crippen LogP contribution in [0, 0.1) is 11.3 Å². The summed E-state index contributed by atoms with van der Waals surface area (Å²) in [6.45, 7) is -0.383. The van der Waals surface area contributed by atoms with Crippen LogP contribution in [0.25, 0.3) is 0 Å². The first-order valence-corrected chi connectivity index (χ1v) is 11.8. The highest BCUT2D eigenvalue weighted by Gasteiger charge is 2.28. The van der Waals surface area contributed by atoms with Gasteiger partial charge < -0.3 is 14.1 Å². The largest absolute Gasteiger partial charge is 0.467 e. The van der Waals surface area contributed by atoms with Crippen molar-refractivity contribution >= 4 is 27.6 Å². The highest BCUT2D eigenvalue weighted by molar-refractivity contribution is 7.92. The minimum atomic E-state index is -4.08. The molecule has 0 spiro atoms. The summed E-state index contributed by atoms with van der Waals surface area (Å²) in [5, 5.41) is 8.87. The van der Waals surface area contributed by atoms with Crippen molar-refractivity contribution in [3.63, 3.8) is 0 Å². The standard InChI is InChI=1S/C24H23N3O6S/c1-26(19-9-3-2-4-10-19)34(30,31)22-13-6-5-12-21(22)24(29)33-18-23(28)27(15-8-14-25)17-20-11-7-16-32-20/h2-7,9-13,16H,8,15,17-18H2,1H3. The smallest absolute Gasteiger partial charge is 0.340 e. The van der Waals surface area contributed by atoms with Gasteiger partial charge in [-0.2, -0.15) is 5.26 Å². The number of sulfonamides is 1. The maximum absolute atomic E-state index is 13.2. The number of rotatable bonds is 10. The molecule has 0 saturated heterocycles. The first-order chi connectivity index (χ1) is 16.3. The quantitative estimate of drug-likeness (QED) is 0.408. The number of furan rings is 1. The van der Waals surface area contributed by atoms with E-state index in [1.165, 1.54) is 42.5 Å². The summed E-state index contributed by atoms with van der Waals surface area (Å²) in [7, 11) is -2.69. The monoisotopic (exact) mass is 481 g/mol. The number of ether oxygens (including phenoxy) is 1. The van der Waals surface area contributed by atoms with Gasteiger partial charge >= 0.3 is 5.97 Å². The average molecular weight is 482 g/mol. The Morgan fingerprint density at radius 3 is 2.41 bits per heavy atom. The molecule has 3 rings (SSSR count). The highest BCUT2D eigenvalue weighted by Crippen LogP contribution is 2.25. The van der Waals surface area contributed by atoms with Gasteiger partial charge in [0.05, 0.1) is 36.5 Å². The molecule has 0 N–H and O–H groups in total. The summed E-state index contributed by atoms with van der Waals surface area (Å²) in [5.74, 6) is -0.980. The van der Waals surface area contributed by atoms with Crippen LogP contribution >= 0.6 is 0 Å². The average Bonchev–Trinajstić information content (AvgIpc) is 3.38. The Hall–Kier alpha value is -4.10. The number of para-hydroxylation sites is 1. The van der Waals surface area contributed by atoms with Gasteiger partial charge in [-0.05, 0) is 36.4 Å². The summed E-state index contributed by atoms with van der Waals surface area (Å²) in [5.41, 5.74) is 0.236. The first-order valence-electron chi connectivity index (χ1n) is 10.3. The van der Waals surface area contributed by atoms with Crippen LogP contribution in [-0.4, -0.2) is 45.4 Å². The van der Waals surface area contributed by atoms with Crippen LogP contribution in [0.5, 0.6) is 0 Å². The zero-order chi connectivity index (χ0) is 24.6. The number of nitrogens with zero attached hydrogens (tertiary/aromatic N) is 3. The molecular formula is C24H23N3O6S. The molecule has 34 heavy (non-hydrogen) atoms. The van der Waals surface area contributed by atoms with Crippen molar-refractivity contribution in [2.24, 2.45) is 0 Å². The Morgan fingerprint density at radius 2 is 1.74 bits per heavy atom. The topological polar surface area (TPSA) is 121 Å². The van der Waals surface area contributed by atoms with Crippen molar-refractivity contribution in [2.75, 3.05) is 24.5 Å². The van der Waals surface area contributed by atoms with Crippen LogP contribution in [0.2, 0.25) is 0 Å². The molecule has 2 aromatic carbocycles. The lowest BCUT2D eigenvalue weighted by Crippen LogP contribution is -2.35. The summed E-state index contributed by atoms with van der Waals surface area (Å²) >= 11 is 0. The lowest BCUT2D eigenvalue weighted by Gasteiger charge is -2.22. The minimum Gasteiger partial charge on any atom is -0.467 e. The number of anilines is 1. The molecule has 1 heterocycles. The zero-order valence-electron chi connectivity index (χ0n) is 18.5. The molecule has 0 bridgehead atoms. The molecule has 0 aliphatic rings. The van der Waals surface area contributed by atoms with Crippen molar-refractivity contribution in [2.45, 2.75) is 17.9 Å². The summed E-state index contributed by atoms with van der Waals surface area (Å²) in [4.78, 5) is 26.5. The van der Waals surface area contributed by atoms with Crippen molar-refractivity contribution in [3.8, 4) is 6.07 Å². The SMILES string of the molecule is CN(c1ccccc1)S(=O)(=O)c1ccccc1C(=O)OCC(=O)N(CCC#N)Cc1ccco1. The van der Waals surface area contributed by atoms with Gasteiger partial charge in [0, 0.05) is 13.6 Å². The third-order valence-corrected chi connectivity index (χ3v) is 6.81. The fourth-order valence-corrected chi connectivity index (χ4v) is 4.52. The summed E-state index contributed by atoms with van der Waals surface area (Å²) in [6.07, 6.45) is 1.55. The first kappa shape index (κ1) is 24.5. The molecular weight excluding hydrogens is 458 g/mol. The number of hydrogen-bond donors (Lipinski definition) is 0. The van der Waals surface area contributed by atoms with Crippen LogP contribution in [0.3, 0.4) is 0 Å². The molecule has 0 radical (unpaired) electrons. The zero-order valence-corrected chi connectivity index (χ0v) is 19.3. The van der Waals surface area contributed by atoms with Gasteiger partial charge in [-0.1, -0.05) is 30.3 Å². The van der Waals surface area contributed by atoms with E-state index < -0.39 is 28.5 Å². The number of esters is 1. The third kappa shape index (κ3) is 5.82. The Bertz CT molecular complexity index is 1270. The molecule has 1 amide bonds. The molecule has 0 aliphatic carbocycles. The number of carbonyl (C=O) groups excluding carboxylic acids is 2. The fraction of sp³-hybridized carbons (Fsp3) is 0.208. The number of benzene rings is 2. The van der Waals surface area contributed by atoms with Crippen LogP contribution in [0.1, 0.15) is 22.5 Å². The maximum Gasteiger partial charge on any atom is 0.340 e. The Kier molecular flexibility index (Phi) is 8.05. The van der Waals surface area contributed by atoms with E-state index in [1.54, 1.807) is 42.5 Å². The molecule has 176 valence electrons. The van der Waals surface area contributed by atoms with Crippen molar-refractivity contribution in [1.82, 2.24) is 4.90 Å². The van der Waals surface area contributed by atoms with E-state index in [2.05, 4.69) is 0 Å². The predicted molar refractivity (Wildman–Crippen MR) is 123 cm³/mol. The van der Waals surface area contributed by atoms with Crippen molar-refractivity contribution in [1.29, 1.82) is 5.26 Å². The van der Waals surface area contributed by atoms with Crippen LogP contribution in [0.4, 0.5) is 5.69 Å². The van der Waals surface area contributed by atoms with E-state index in [1.807, 2.05) is 6.07 Å². The Morgan fingerprint density at radius 1 is 1.03 bits per heavy atom. The van der Waals surface area contributed by atoms with Crippen LogP contribution in [-0.2, 0) is 26.1 Å². The molecule has 0 aliphatic heterocycles. The van der Waals surface area contributed by atoms with Gasteiger partial charge in [0.1, 0.15) is 10.7 Å². The van der Waals surface area contributed by atoms with Crippen molar-refractivity contribution < 1.29 is 27.2 Å². The van der Waals surface area contributed by atoms with E-state index in [4.69, 9.17) is 14.4 Å². The van der Waals surface area contributed by atoms with Gasteiger partial charge in [0.25, 0.3) is 15.9 Å². The molecule has 0 unspecified atom stereocenters. The van der Waals surface area contributed by atoms with Gasteiger partial charge in [0.2, 0.25) is 0 Å². The number of nitriles is 1. The van der Waals surface area contributed by atoms with Crippen molar-refractivity contribution in [3.05, 3.63) is 84.3 Å². The second-order valence-electron chi connectivity index (χ2n) is 7.18. The molecule has 0 saturated carbocycles. The third-order valence-electron chi connectivity index (χ3n) is 4.96. The predicted octanol–water partition coefficient (Wildman–Crippen LogP) is 3.20. The molecule has 1 aromatic heterocycles. The van der Waals surface area contributed by atoms with Gasteiger partial charge in [-0.15, -0.1) is 0 Å². The second-order valence-corrected chi connectivity index (χ2v) is 9.12. The van der Waals surface area contributed by atoms with Crippen LogP contribution in [0.15, 0.2) is 82.3 Å². The van der Waals surface area contributed by atoms with Gasteiger partial charge in [0.15, 0.2) is 6.61 Å². The molecule has 9 nitrogen and oxygen atoms in total. The summed E-state index contributed by atoms with van der Waals surface area (Å²) in [6, 6.07) is 19.4. The molecule has 3 aromatic rings. The van der Waals surface area contributed by atoms with Gasteiger partial charge in [-0.25, -0.2) is 13.2 Å². The number of hydrogen-bond acceptors (Lipinski definition) is 7. The molecule has 0 fully saturated rings. The number of carbonyl (C=O) groups is 2. The summed E-state index contributed by atoms with van der Waals surface area (Å²) < 4.78 is 37.9. The second kappa shape index (κ2) is 11.2. The van der Waals surface area contributed by atoms with E-state index in [0.717, 1.165) is 4.31 Å². The van der Waals surface area contributed by atoms with E-state index in [9.17, 15) is 18.0 Å². The number of amides is 1. The maximum atomic E-state index is 13.2. The fourth-order valence-electron chi connectivity index (χ4n) is 3.15. The van der Waals surface area contributed by atoms with Crippen LogP contribution < -0.4 is 4.31 Å². The molecule has 0 atom stereocenters. The van der Waals surface area contributed by atoms with Gasteiger partial charge in [-0.3, -0.25) is 9.10 Å². The molecule has 10 heteroatoms. The highest BCUT2D eigenvalue weighted by atomic mass is 32.2. The minimum absolute atomic E-state index is 0.0906.